The fraction of sp³-hybridized carbons (Fsp3) is 0.105. The second kappa shape index (κ2) is 7.52. The van der Waals surface area contributed by atoms with Crippen molar-refractivity contribution in [2.45, 2.75) is 6.92 Å². The molecule has 1 aromatic heterocycles. The number of hydrazine groups is 1. The van der Waals surface area contributed by atoms with Gasteiger partial charge in [-0.2, -0.15) is 0 Å². The summed E-state index contributed by atoms with van der Waals surface area (Å²) in [6, 6.07) is 16.2. The minimum Gasteiger partial charge on any atom is -0.376 e. The summed E-state index contributed by atoms with van der Waals surface area (Å²) < 4.78 is 0. The number of aryl methyl sites for hydroxylation is 1. The highest BCUT2D eigenvalue weighted by molar-refractivity contribution is 5.98. The average molecular weight is 350 g/mol. The van der Waals surface area contributed by atoms with Gasteiger partial charge in [-0.3, -0.25) is 25.2 Å². The lowest BCUT2D eigenvalue weighted by atomic mass is 10.1. The summed E-state index contributed by atoms with van der Waals surface area (Å²) in [5.74, 6) is -1.11. The predicted molar refractivity (Wildman–Crippen MR) is 99.8 cm³/mol. The number of carbonyl (C=O) groups excluding carboxylic acids is 2. The van der Waals surface area contributed by atoms with Crippen LogP contribution in [0.3, 0.4) is 0 Å². The maximum absolute atomic E-state index is 12.2. The predicted octanol–water partition coefficient (Wildman–Crippen LogP) is 1.71. The molecule has 0 fully saturated rings. The highest BCUT2D eigenvalue weighted by Gasteiger charge is 2.12. The second-order valence-corrected chi connectivity index (χ2v) is 5.82. The lowest BCUT2D eigenvalue weighted by molar-refractivity contribution is -0.120. The Morgan fingerprint density at radius 3 is 2.50 bits per heavy atom. The summed E-state index contributed by atoms with van der Waals surface area (Å²) in [6.45, 7) is 1.96. The van der Waals surface area contributed by atoms with E-state index in [1.54, 1.807) is 24.3 Å². The number of hydrogen-bond acceptors (Lipinski definition) is 4. The van der Waals surface area contributed by atoms with E-state index in [-0.39, 0.29) is 12.1 Å². The number of pyridine rings is 1. The van der Waals surface area contributed by atoms with Gasteiger partial charge >= 0.3 is 0 Å². The van der Waals surface area contributed by atoms with E-state index in [1.807, 2.05) is 31.2 Å². The number of aromatic nitrogens is 1. The van der Waals surface area contributed by atoms with Gasteiger partial charge in [-0.15, -0.1) is 0 Å². The minimum atomic E-state index is -0.680. The molecule has 4 N–H and O–H groups in total. The molecule has 2 aromatic carbocycles. The first kappa shape index (κ1) is 17.2. The molecule has 3 rings (SSSR count). The Kier molecular flexibility index (Phi) is 4.98. The van der Waals surface area contributed by atoms with E-state index in [1.165, 1.54) is 6.07 Å². The number of benzene rings is 2. The number of amides is 2. The Bertz CT molecular complexity index is 1010. The topological polar surface area (TPSA) is 103 Å². The SMILES string of the molecule is Cc1ccc(NCC(=O)NNC(=O)c2cc3ccccc3[nH]c2=O)cc1. The van der Waals surface area contributed by atoms with E-state index in [9.17, 15) is 14.4 Å². The maximum Gasteiger partial charge on any atom is 0.275 e. The molecule has 0 atom stereocenters. The van der Waals surface area contributed by atoms with Crippen molar-refractivity contribution in [2.75, 3.05) is 11.9 Å². The molecule has 0 aliphatic rings. The summed E-state index contributed by atoms with van der Waals surface area (Å²) in [6.07, 6.45) is 0. The molecule has 0 saturated heterocycles. The molecule has 0 aliphatic carbocycles. The van der Waals surface area contributed by atoms with E-state index >= 15 is 0 Å². The number of carbonyl (C=O) groups is 2. The average Bonchev–Trinajstić information content (AvgIpc) is 2.65. The second-order valence-electron chi connectivity index (χ2n) is 5.82. The fourth-order valence-corrected chi connectivity index (χ4v) is 2.41. The lowest BCUT2D eigenvalue weighted by Crippen LogP contribution is -2.45. The Labute approximate surface area is 149 Å². The standard InChI is InChI=1S/C19H18N4O3/c1-12-6-8-14(9-7-12)20-11-17(24)22-23-19(26)15-10-13-4-2-3-5-16(13)21-18(15)25/h2-10,20H,11H2,1H3,(H,21,25)(H,22,24)(H,23,26). The first-order valence-corrected chi connectivity index (χ1v) is 8.05. The molecule has 0 radical (unpaired) electrons. The number of aromatic amines is 1. The van der Waals surface area contributed by atoms with Crippen molar-refractivity contribution in [3.63, 3.8) is 0 Å². The van der Waals surface area contributed by atoms with Crippen molar-refractivity contribution in [3.8, 4) is 0 Å². The zero-order valence-electron chi connectivity index (χ0n) is 14.1. The van der Waals surface area contributed by atoms with E-state index in [2.05, 4.69) is 21.2 Å². The maximum atomic E-state index is 12.2. The lowest BCUT2D eigenvalue weighted by Gasteiger charge is -2.09. The highest BCUT2D eigenvalue weighted by atomic mass is 16.2. The van der Waals surface area contributed by atoms with Crippen molar-refractivity contribution in [3.05, 3.63) is 76.1 Å². The monoisotopic (exact) mass is 350 g/mol. The molecule has 0 unspecified atom stereocenters. The third-order valence-corrected chi connectivity index (χ3v) is 3.82. The van der Waals surface area contributed by atoms with Gasteiger partial charge in [0.2, 0.25) is 0 Å². The van der Waals surface area contributed by atoms with E-state index in [4.69, 9.17) is 0 Å². The molecule has 26 heavy (non-hydrogen) atoms. The van der Waals surface area contributed by atoms with Gasteiger partial charge in [0.25, 0.3) is 17.4 Å². The third-order valence-electron chi connectivity index (χ3n) is 3.82. The van der Waals surface area contributed by atoms with Gasteiger partial charge in [-0.05, 0) is 36.6 Å². The van der Waals surface area contributed by atoms with Crippen molar-refractivity contribution in [2.24, 2.45) is 0 Å². The van der Waals surface area contributed by atoms with Gasteiger partial charge in [0.1, 0.15) is 5.56 Å². The van der Waals surface area contributed by atoms with Crippen LogP contribution in [0.1, 0.15) is 15.9 Å². The first-order valence-electron chi connectivity index (χ1n) is 8.05. The summed E-state index contributed by atoms with van der Waals surface area (Å²) in [7, 11) is 0. The Hall–Kier alpha value is -3.61. The molecule has 7 nitrogen and oxygen atoms in total. The third kappa shape index (κ3) is 4.07. The zero-order valence-corrected chi connectivity index (χ0v) is 14.1. The quantitative estimate of drug-likeness (QED) is 0.538. The van der Waals surface area contributed by atoms with Gasteiger partial charge in [-0.1, -0.05) is 35.9 Å². The Morgan fingerprint density at radius 1 is 1.00 bits per heavy atom. The van der Waals surface area contributed by atoms with Gasteiger partial charge in [0, 0.05) is 11.2 Å². The largest absolute Gasteiger partial charge is 0.376 e. The van der Waals surface area contributed by atoms with E-state index < -0.39 is 17.4 Å². The van der Waals surface area contributed by atoms with Crippen LogP contribution in [-0.4, -0.2) is 23.3 Å². The minimum absolute atomic E-state index is 0.0164. The van der Waals surface area contributed by atoms with Gasteiger partial charge in [0.05, 0.1) is 6.54 Å². The van der Waals surface area contributed by atoms with Crippen LogP contribution >= 0.6 is 0 Å². The van der Waals surface area contributed by atoms with Crippen LogP contribution in [0.4, 0.5) is 5.69 Å². The summed E-state index contributed by atoms with van der Waals surface area (Å²) >= 11 is 0. The molecule has 7 heteroatoms. The number of para-hydroxylation sites is 1. The first-order chi connectivity index (χ1) is 12.5. The van der Waals surface area contributed by atoms with Crippen LogP contribution in [-0.2, 0) is 4.79 Å². The fourth-order valence-electron chi connectivity index (χ4n) is 2.41. The molecule has 0 aliphatic heterocycles. The number of anilines is 1. The Morgan fingerprint density at radius 2 is 1.73 bits per heavy atom. The van der Waals surface area contributed by atoms with Crippen molar-refractivity contribution in [1.82, 2.24) is 15.8 Å². The van der Waals surface area contributed by atoms with Gasteiger partial charge in [0.15, 0.2) is 0 Å². The summed E-state index contributed by atoms with van der Waals surface area (Å²) in [5.41, 5.74) is 6.49. The summed E-state index contributed by atoms with van der Waals surface area (Å²) in [4.78, 5) is 38.7. The molecular formula is C19H18N4O3. The smallest absolute Gasteiger partial charge is 0.275 e. The molecule has 0 spiro atoms. The number of nitrogens with one attached hydrogen (secondary N) is 4. The molecule has 132 valence electrons. The molecule has 0 saturated carbocycles. The van der Waals surface area contributed by atoms with Crippen LogP contribution in [0.25, 0.3) is 10.9 Å². The number of H-pyrrole nitrogens is 1. The van der Waals surface area contributed by atoms with Gasteiger partial charge in [-0.25, -0.2) is 0 Å². The van der Waals surface area contributed by atoms with Crippen LogP contribution < -0.4 is 21.7 Å². The molecular weight excluding hydrogens is 332 g/mol. The van der Waals surface area contributed by atoms with Gasteiger partial charge < -0.3 is 10.3 Å². The number of fused-ring (bicyclic) bond motifs is 1. The van der Waals surface area contributed by atoms with Crippen LogP contribution in [0.15, 0.2) is 59.4 Å². The van der Waals surface area contributed by atoms with Crippen molar-refractivity contribution in [1.29, 1.82) is 0 Å². The normalized spacial score (nSPS) is 10.3. The van der Waals surface area contributed by atoms with Crippen LogP contribution in [0, 0.1) is 6.92 Å². The van der Waals surface area contributed by atoms with Crippen molar-refractivity contribution < 1.29 is 9.59 Å². The molecule has 0 bridgehead atoms. The van der Waals surface area contributed by atoms with Crippen LogP contribution in [0.2, 0.25) is 0 Å². The van der Waals surface area contributed by atoms with Crippen LogP contribution in [0.5, 0.6) is 0 Å². The zero-order chi connectivity index (χ0) is 18.5. The van der Waals surface area contributed by atoms with E-state index in [0.717, 1.165) is 16.6 Å². The molecule has 2 amide bonds. The number of rotatable bonds is 4. The highest BCUT2D eigenvalue weighted by Crippen LogP contribution is 2.10. The summed E-state index contributed by atoms with van der Waals surface area (Å²) in [5, 5.41) is 3.67. The Balaban J connectivity index is 1.58. The van der Waals surface area contributed by atoms with Crippen molar-refractivity contribution >= 4 is 28.4 Å². The molecule has 1 heterocycles. The molecule has 3 aromatic rings. The number of hydrogen-bond donors (Lipinski definition) is 4. The van der Waals surface area contributed by atoms with E-state index in [0.29, 0.717) is 5.52 Å².